The topological polar surface area (TPSA) is 116 Å². The third kappa shape index (κ3) is 2.98. The summed E-state index contributed by atoms with van der Waals surface area (Å²) in [6.45, 7) is 3.90. The summed E-state index contributed by atoms with van der Waals surface area (Å²) in [5.41, 5.74) is 2.65. The highest BCUT2D eigenvalue weighted by molar-refractivity contribution is 5.86. The minimum absolute atomic E-state index is 0.0356. The Kier molecular flexibility index (Phi) is 4.58. The fourth-order valence-corrected chi connectivity index (χ4v) is 4.62. The quantitative estimate of drug-likeness (QED) is 0.660. The van der Waals surface area contributed by atoms with Crippen molar-refractivity contribution in [3.63, 3.8) is 0 Å². The summed E-state index contributed by atoms with van der Waals surface area (Å²) in [6.07, 6.45) is 5.19. The molecular formula is C20H24N6O4. The van der Waals surface area contributed by atoms with Crippen LogP contribution in [0.5, 0.6) is 0 Å². The van der Waals surface area contributed by atoms with Gasteiger partial charge < -0.3 is 19.7 Å². The molecule has 2 amide bonds. The number of likely N-dealkylation sites (tertiary alicyclic amines) is 1. The van der Waals surface area contributed by atoms with Gasteiger partial charge in [-0.3, -0.25) is 14.1 Å². The number of carbonyl (C=O) groups is 2. The van der Waals surface area contributed by atoms with Crippen molar-refractivity contribution in [1.82, 2.24) is 29.2 Å². The Hall–Kier alpha value is -3.14. The number of nitrogens with zero attached hydrogens (tertiary/aromatic N) is 5. The van der Waals surface area contributed by atoms with Gasteiger partial charge in [0.05, 0.1) is 36.6 Å². The van der Waals surface area contributed by atoms with Crippen molar-refractivity contribution in [2.45, 2.75) is 25.3 Å². The van der Waals surface area contributed by atoms with Gasteiger partial charge in [-0.15, -0.1) is 0 Å². The third-order valence-corrected chi connectivity index (χ3v) is 6.35. The van der Waals surface area contributed by atoms with E-state index in [1.165, 1.54) is 4.90 Å². The van der Waals surface area contributed by atoms with Gasteiger partial charge in [0.25, 0.3) is 0 Å². The number of fused-ring (bicyclic) bond motifs is 3. The van der Waals surface area contributed by atoms with E-state index in [-0.39, 0.29) is 25.0 Å². The molecule has 2 N–H and O–H groups in total. The second-order valence-corrected chi connectivity index (χ2v) is 8.07. The largest absolute Gasteiger partial charge is 0.465 e. The van der Waals surface area contributed by atoms with Gasteiger partial charge in [-0.25, -0.2) is 14.8 Å². The van der Waals surface area contributed by atoms with Crippen molar-refractivity contribution < 1.29 is 19.4 Å². The number of H-pyrrole nitrogens is 1. The number of aromatic amines is 1. The lowest BCUT2D eigenvalue weighted by molar-refractivity contribution is -0.143. The van der Waals surface area contributed by atoms with Crippen LogP contribution in [0.1, 0.15) is 25.1 Å². The van der Waals surface area contributed by atoms with Crippen LogP contribution in [0.15, 0.2) is 24.7 Å². The molecule has 5 rings (SSSR count). The van der Waals surface area contributed by atoms with E-state index in [0.717, 1.165) is 28.9 Å². The lowest BCUT2D eigenvalue weighted by Crippen LogP contribution is -2.58. The van der Waals surface area contributed by atoms with Crippen molar-refractivity contribution >= 4 is 28.7 Å². The average Bonchev–Trinajstić information content (AvgIpc) is 3.40. The Morgan fingerprint density at radius 3 is 2.93 bits per heavy atom. The minimum atomic E-state index is -1.08. The van der Waals surface area contributed by atoms with Crippen LogP contribution in [-0.2, 0) is 9.53 Å². The first-order valence-electron chi connectivity index (χ1n) is 10.2. The number of imidazole rings is 1. The van der Waals surface area contributed by atoms with Crippen LogP contribution in [0.3, 0.4) is 0 Å². The number of carboxylic acid groups (broad SMARTS) is 1. The summed E-state index contributed by atoms with van der Waals surface area (Å²) in [5.74, 6) is 1.08. The number of hydrogen-bond donors (Lipinski definition) is 2. The van der Waals surface area contributed by atoms with Crippen LogP contribution in [0.4, 0.5) is 4.79 Å². The van der Waals surface area contributed by atoms with Gasteiger partial charge in [-0.1, -0.05) is 6.92 Å². The first kappa shape index (κ1) is 18.9. The van der Waals surface area contributed by atoms with Gasteiger partial charge >= 0.3 is 6.09 Å². The van der Waals surface area contributed by atoms with E-state index in [1.54, 1.807) is 11.1 Å². The molecule has 0 aliphatic carbocycles. The number of nitrogens with one attached hydrogen (secondary N) is 1. The Bertz CT molecular complexity index is 1110. The fourth-order valence-electron chi connectivity index (χ4n) is 4.62. The number of aromatic nitrogens is 4. The molecule has 0 spiro atoms. The number of carbonyl (C=O) groups excluding carboxylic acids is 1. The molecule has 2 saturated heterocycles. The van der Waals surface area contributed by atoms with E-state index in [4.69, 9.17) is 9.72 Å². The summed E-state index contributed by atoms with van der Waals surface area (Å²) in [7, 11) is 0. The molecule has 2 aliphatic heterocycles. The van der Waals surface area contributed by atoms with Gasteiger partial charge in [0, 0.05) is 31.7 Å². The van der Waals surface area contributed by atoms with Crippen LogP contribution in [0, 0.1) is 5.92 Å². The van der Waals surface area contributed by atoms with Crippen molar-refractivity contribution in [2.75, 3.05) is 32.8 Å². The zero-order chi connectivity index (χ0) is 20.8. The predicted octanol–water partition coefficient (Wildman–Crippen LogP) is 1.54. The Morgan fingerprint density at radius 1 is 1.27 bits per heavy atom. The molecule has 10 heteroatoms. The maximum absolute atomic E-state index is 13.2. The highest BCUT2D eigenvalue weighted by atomic mass is 16.5. The summed E-state index contributed by atoms with van der Waals surface area (Å²) < 4.78 is 7.51. The summed E-state index contributed by atoms with van der Waals surface area (Å²) >= 11 is 0. The second kappa shape index (κ2) is 7.28. The lowest BCUT2D eigenvalue weighted by Gasteiger charge is -2.40. The van der Waals surface area contributed by atoms with Crippen LogP contribution in [-0.4, -0.2) is 85.1 Å². The summed E-state index contributed by atoms with van der Waals surface area (Å²) in [5, 5.41) is 9.48. The molecule has 2 fully saturated rings. The highest BCUT2D eigenvalue weighted by Gasteiger charge is 2.39. The van der Waals surface area contributed by atoms with Gasteiger partial charge in [0.1, 0.15) is 11.9 Å². The Morgan fingerprint density at radius 2 is 2.10 bits per heavy atom. The van der Waals surface area contributed by atoms with Crippen molar-refractivity contribution in [2.24, 2.45) is 5.92 Å². The molecule has 158 valence electrons. The molecule has 0 bridgehead atoms. The molecule has 5 heterocycles. The molecule has 3 aromatic heterocycles. The third-order valence-electron chi connectivity index (χ3n) is 6.35. The second-order valence-electron chi connectivity index (χ2n) is 8.07. The summed E-state index contributed by atoms with van der Waals surface area (Å²) in [4.78, 5) is 40.0. The molecule has 0 aromatic carbocycles. The van der Waals surface area contributed by atoms with E-state index in [9.17, 15) is 14.7 Å². The maximum Gasteiger partial charge on any atom is 0.408 e. The normalized spacial score (nSPS) is 25.2. The minimum Gasteiger partial charge on any atom is -0.465 e. The smallest absolute Gasteiger partial charge is 0.408 e. The molecule has 0 saturated carbocycles. The molecule has 1 unspecified atom stereocenters. The van der Waals surface area contributed by atoms with E-state index in [2.05, 4.69) is 21.3 Å². The SMILES string of the molecule is C[C@@H]1CCN(C(=O)C2COCCN2C(=O)O)C[C@@H]1c1ncc2cnc3[nH]ccc3n12. The molecule has 0 radical (unpaired) electrons. The van der Waals surface area contributed by atoms with Crippen LogP contribution >= 0.6 is 0 Å². The number of morpholine rings is 1. The number of piperidine rings is 1. The standard InChI is InChI=1S/C20H24N6O4/c1-12-3-5-24(19(27)16-11-30-7-6-25(16)20(28)29)10-14(12)18-23-9-13-8-22-17-15(26(13)18)2-4-21-17/h2,4,8-9,12,14,16,21H,3,5-7,10-11H2,1H3,(H,28,29)/t12-,14+,16?/m1/s1. The van der Waals surface area contributed by atoms with Gasteiger partial charge in [0.15, 0.2) is 5.65 Å². The number of amides is 2. The molecule has 2 aliphatic rings. The maximum atomic E-state index is 13.2. The number of rotatable bonds is 2. The molecule has 30 heavy (non-hydrogen) atoms. The van der Waals surface area contributed by atoms with Gasteiger partial charge in [-0.05, 0) is 18.4 Å². The molecular weight excluding hydrogens is 388 g/mol. The zero-order valence-electron chi connectivity index (χ0n) is 16.7. The van der Waals surface area contributed by atoms with Crippen LogP contribution < -0.4 is 0 Å². The van der Waals surface area contributed by atoms with Crippen LogP contribution in [0.25, 0.3) is 16.7 Å². The molecule has 3 aromatic rings. The van der Waals surface area contributed by atoms with Crippen molar-refractivity contribution in [3.05, 3.63) is 30.5 Å². The van der Waals surface area contributed by atoms with Crippen molar-refractivity contribution in [1.29, 1.82) is 0 Å². The van der Waals surface area contributed by atoms with E-state index < -0.39 is 12.1 Å². The number of ether oxygens (including phenoxy) is 1. The van der Waals surface area contributed by atoms with Gasteiger partial charge in [-0.2, -0.15) is 0 Å². The van der Waals surface area contributed by atoms with Gasteiger partial charge in [0.2, 0.25) is 5.91 Å². The molecule has 3 atom stereocenters. The summed E-state index contributed by atoms with van der Waals surface area (Å²) in [6, 6.07) is 1.18. The monoisotopic (exact) mass is 412 g/mol. The first-order chi connectivity index (χ1) is 14.5. The Balaban J connectivity index is 1.46. The van der Waals surface area contributed by atoms with Crippen molar-refractivity contribution in [3.8, 4) is 0 Å². The van der Waals surface area contributed by atoms with E-state index in [1.807, 2.05) is 18.5 Å². The first-order valence-corrected chi connectivity index (χ1v) is 10.2. The fraction of sp³-hybridized carbons (Fsp3) is 0.500. The number of hydrogen-bond acceptors (Lipinski definition) is 5. The zero-order valence-corrected chi connectivity index (χ0v) is 16.7. The Labute approximate surface area is 172 Å². The molecule has 10 nitrogen and oxygen atoms in total. The highest BCUT2D eigenvalue weighted by Crippen LogP contribution is 2.33. The van der Waals surface area contributed by atoms with E-state index >= 15 is 0 Å². The van der Waals surface area contributed by atoms with Crippen LogP contribution in [0.2, 0.25) is 0 Å². The van der Waals surface area contributed by atoms with E-state index in [0.29, 0.717) is 25.6 Å². The lowest BCUT2D eigenvalue weighted by atomic mass is 9.86. The average molecular weight is 412 g/mol. The predicted molar refractivity (Wildman–Crippen MR) is 107 cm³/mol.